The van der Waals surface area contributed by atoms with Crippen LogP contribution in [0.3, 0.4) is 0 Å². The number of hydrogen-bond acceptors (Lipinski definition) is 2. The maximum Gasteiger partial charge on any atom is 0.143 e. The molecular weight excluding hydrogens is 657 g/mol. The predicted octanol–water partition coefficient (Wildman–Crippen LogP) is 15.1. The van der Waals surface area contributed by atoms with Crippen molar-refractivity contribution in [3.8, 4) is 33.4 Å². The van der Waals surface area contributed by atoms with E-state index in [0.717, 1.165) is 66.1 Å². The van der Waals surface area contributed by atoms with Crippen LogP contribution in [0.2, 0.25) is 0 Å². The Kier molecular flexibility index (Phi) is 6.09. The van der Waals surface area contributed by atoms with Crippen LogP contribution in [0.1, 0.15) is 0 Å². The minimum atomic E-state index is 0.898. The van der Waals surface area contributed by atoms with Gasteiger partial charge in [-0.05, 0) is 89.6 Å². The predicted molar refractivity (Wildman–Crippen MR) is 227 cm³/mol. The summed E-state index contributed by atoms with van der Waals surface area (Å²) in [6.45, 7) is 0. The van der Waals surface area contributed by atoms with Crippen molar-refractivity contribution in [1.82, 2.24) is 0 Å². The van der Waals surface area contributed by atoms with Gasteiger partial charge in [0.05, 0.1) is 0 Å². The average molecular weight is 687 g/mol. The smallest absolute Gasteiger partial charge is 0.143 e. The van der Waals surface area contributed by atoms with E-state index in [2.05, 4.69) is 170 Å². The Bertz CT molecular complexity index is 3330. The standard InChI is InChI=1S/C52H30O2/c1-2-14-32-31(13-1)29-47(34-16-4-3-15-33(32)34)50-39-21-9-19-35(41-23-11-25-43-37-17-5-7-27-48(37)53-51(41)43)45(39)30-46-36(20-10-22-40(46)50)42-24-12-26-44-38-18-6-8-28-49(38)54-52(42)44/h1-30H. The third-order valence-corrected chi connectivity index (χ3v) is 11.5. The fourth-order valence-corrected chi connectivity index (χ4v) is 9.11. The SMILES string of the molecule is c1ccc2c(c1)cc(-c1c3cccc(-c4cccc5c4oc4ccccc45)c3cc3c(-c4cccc5c4oc4ccccc45)cccc13)c1ccccc12. The lowest BCUT2D eigenvalue weighted by molar-refractivity contribution is 0.669. The van der Waals surface area contributed by atoms with Crippen LogP contribution in [0, 0.1) is 0 Å². The molecule has 0 radical (unpaired) electrons. The fourth-order valence-electron chi connectivity index (χ4n) is 9.11. The van der Waals surface area contributed by atoms with Crippen LogP contribution in [-0.4, -0.2) is 0 Å². The van der Waals surface area contributed by atoms with E-state index in [1.807, 2.05) is 12.1 Å². The van der Waals surface area contributed by atoms with E-state index < -0.39 is 0 Å². The number of rotatable bonds is 3. The van der Waals surface area contributed by atoms with Crippen molar-refractivity contribution >= 4 is 87.0 Å². The molecule has 2 heterocycles. The highest BCUT2D eigenvalue weighted by Crippen LogP contribution is 2.48. The molecule has 0 bridgehead atoms. The topological polar surface area (TPSA) is 26.3 Å². The zero-order chi connectivity index (χ0) is 35.3. The molecule has 12 rings (SSSR count). The second-order valence-corrected chi connectivity index (χ2v) is 14.3. The van der Waals surface area contributed by atoms with Crippen LogP contribution in [0.4, 0.5) is 0 Å². The number of hydrogen-bond donors (Lipinski definition) is 0. The van der Waals surface area contributed by atoms with Crippen LogP contribution in [0.15, 0.2) is 191 Å². The normalized spacial score (nSPS) is 12.1. The van der Waals surface area contributed by atoms with Gasteiger partial charge in [0, 0.05) is 32.7 Å². The summed E-state index contributed by atoms with van der Waals surface area (Å²) in [7, 11) is 0. The molecule has 0 fully saturated rings. The van der Waals surface area contributed by atoms with Crippen molar-refractivity contribution in [1.29, 1.82) is 0 Å². The Morgan fingerprint density at radius 2 is 0.667 bits per heavy atom. The lowest BCUT2D eigenvalue weighted by Crippen LogP contribution is -1.92. The zero-order valence-corrected chi connectivity index (χ0v) is 29.1. The molecule has 2 heteroatoms. The highest BCUT2D eigenvalue weighted by molar-refractivity contribution is 6.26. The maximum atomic E-state index is 6.65. The molecule has 0 aliphatic heterocycles. The van der Waals surface area contributed by atoms with Gasteiger partial charge in [-0.25, -0.2) is 0 Å². The molecule has 54 heavy (non-hydrogen) atoms. The van der Waals surface area contributed by atoms with Crippen molar-refractivity contribution in [3.05, 3.63) is 182 Å². The Morgan fingerprint density at radius 1 is 0.241 bits per heavy atom. The summed E-state index contributed by atoms with van der Waals surface area (Å²) in [5.41, 5.74) is 10.5. The molecule has 0 aliphatic carbocycles. The fraction of sp³-hybridized carbons (Fsp3) is 0. The van der Waals surface area contributed by atoms with E-state index in [1.54, 1.807) is 0 Å². The van der Waals surface area contributed by atoms with Crippen molar-refractivity contribution in [2.24, 2.45) is 0 Å². The first kappa shape index (κ1) is 29.4. The van der Waals surface area contributed by atoms with Crippen LogP contribution >= 0.6 is 0 Å². The molecule has 0 amide bonds. The van der Waals surface area contributed by atoms with E-state index >= 15 is 0 Å². The minimum Gasteiger partial charge on any atom is -0.455 e. The van der Waals surface area contributed by atoms with Crippen LogP contribution in [0.25, 0.3) is 120 Å². The summed E-state index contributed by atoms with van der Waals surface area (Å²) < 4.78 is 13.3. The molecule has 250 valence electrons. The minimum absolute atomic E-state index is 0.898. The average Bonchev–Trinajstić information content (AvgIpc) is 3.81. The van der Waals surface area contributed by atoms with Gasteiger partial charge >= 0.3 is 0 Å². The molecule has 12 aromatic rings. The van der Waals surface area contributed by atoms with E-state index in [9.17, 15) is 0 Å². The second-order valence-electron chi connectivity index (χ2n) is 14.3. The molecule has 0 N–H and O–H groups in total. The Hall–Kier alpha value is -7.16. The molecule has 0 aliphatic rings. The van der Waals surface area contributed by atoms with Gasteiger partial charge in [-0.15, -0.1) is 0 Å². The van der Waals surface area contributed by atoms with E-state index in [-0.39, 0.29) is 0 Å². The van der Waals surface area contributed by atoms with Crippen molar-refractivity contribution in [2.45, 2.75) is 0 Å². The molecular formula is C52H30O2. The Morgan fingerprint density at radius 3 is 1.24 bits per heavy atom. The number of benzene rings is 10. The summed E-state index contributed by atoms with van der Waals surface area (Å²) in [5, 5.41) is 14.2. The first-order valence-electron chi connectivity index (χ1n) is 18.5. The largest absolute Gasteiger partial charge is 0.455 e. The number of furan rings is 2. The van der Waals surface area contributed by atoms with Gasteiger partial charge in [0.15, 0.2) is 0 Å². The highest BCUT2D eigenvalue weighted by atomic mass is 16.3. The Balaban J connectivity index is 1.26. The first-order chi connectivity index (χ1) is 26.8. The summed E-state index contributed by atoms with van der Waals surface area (Å²) >= 11 is 0. The van der Waals surface area contributed by atoms with E-state index in [1.165, 1.54) is 54.2 Å². The van der Waals surface area contributed by atoms with Gasteiger partial charge in [-0.1, -0.05) is 158 Å². The molecule has 0 spiro atoms. The van der Waals surface area contributed by atoms with Crippen LogP contribution in [0.5, 0.6) is 0 Å². The van der Waals surface area contributed by atoms with E-state index in [0.29, 0.717) is 0 Å². The lowest BCUT2D eigenvalue weighted by atomic mass is 9.84. The molecule has 2 nitrogen and oxygen atoms in total. The van der Waals surface area contributed by atoms with Gasteiger partial charge in [0.1, 0.15) is 22.3 Å². The summed E-state index contributed by atoms with van der Waals surface area (Å²) in [4.78, 5) is 0. The van der Waals surface area contributed by atoms with E-state index in [4.69, 9.17) is 8.83 Å². The quantitative estimate of drug-likeness (QED) is 0.137. The monoisotopic (exact) mass is 686 g/mol. The first-order valence-corrected chi connectivity index (χ1v) is 18.5. The summed E-state index contributed by atoms with van der Waals surface area (Å²) in [5.74, 6) is 0. The van der Waals surface area contributed by atoms with Crippen LogP contribution in [-0.2, 0) is 0 Å². The summed E-state index contributed by atoms with van der Waals surface area (Å²) in [6, 6.07) is 65.6. The Labute approximate surface area is 310 Å². The van der Waals surface area contributed by atoms with Crippen molar-refractivity contribution in [2.75, 3.05) is 0 Å². The van der Waals surface area contributed by atoms with Crippen molar-refractivity contribution in [3.63, 3.8) is 0 Å². The van der Waals surface area contributed by atoms with Gasteiger partial charge in [-0.2, -0.15) is 0 Å². The van der Waals surface area contributed by atoms with Gasteiger partial charge < -0.3 is 8.83 Å². The molecule has 0 atom stereocenters. The number of fused-ring (bicyclic) bond motifs is 11. The summed E-state index contributed by atoms with van der Waals surface area (Å²) in [6.07, 6.45) is 0. The molecule has 10 aromatic carbocycles. The maximum absolute atomic E-state index is 6.65. The molecule has 0 unspecified atom stereocenters. The molecule has 2 aromatic heterocycles. The lowest BCUT2D eigenvalue weighted by Gasteiger charge is -2.19. The number of para-hydroxylation sites is 4. The zero-order valence-electron chi connectivity index (χ0n) is 29.1. The van der Waals surface area contributed by atoms with Crippen LogP contribution < -0.4 is 0 Å². The van der Waals surface area contributed by atoms with Crippen molar-refractivity contribution < 1.29 is 8.83 Å². The highest BCUT2D eigenvalue weighted by Gasteiger charge is 2.21. The third kappa shape index (κ3) is 4.11. The van der Waals surface area contributed by atoms with Gasteiger partial charge in [0.25, 0.3) is 0 Å². The molecule has 0 saturated heterocycles. The third-order valence-electron chi connectivity index (χ3n) is 11.5. The second kappa shape index (κ2) is 11.2. The molecule has 0 saturated carbocycles. The van der Waals surface area contributed by atoms with Gasteiger partial charge in [-0.3, -0.25) is 0 Å². The van der Waals surface area contributed by atoms with Gasteiger partial charge in [0.2, 0.25) is 0 Å².